The Morgan fingerprint density at radius 1 is 1.03 bits per heavy atom. The molecule has 0 aromatic carbocycles. The molecule has 1 unspecified atom stereocenters. The average molecular weight is 508 g/mol. The number of rotatable bonds is 10. The summed E-state index contributed by atoms with van der Waals surface area (Å²) < 4.78 is 146. The predicted octanol–water partition coefficient (Wildman–Crippen LogP) is 2.76. The van der Waals surface area contributed by atoms with Crippen LogP contribution in [0.4, 0.5) is 35.1 Å². The zero-order chi connectivity index (χ0) is 26.0. The smallest absolute Gasteiger partial charge is 0.466 e. The number of esters is 1. The number of carbonyl (C=O) groups is 2. The molecule has 1 atom stereocenters. The fourth-order valence-corrected chi connectivity index (χ4v) is 2.32. The number of alkyl halides is 7. The lowest BCUT2D eigenvalue weighted by Crippen LogP contribution is -2.64. The van der Waals surface area contributed by atoms with E-state index in [1.54, 1.807) is 5.32 Å². The first kappa shape index (κ1) is 30.0. The molecular weight excluding hydrogens is 490 g/mol. The lowest BCUT2D eigenvalue weighted by atomic mass is 10.1. The van der Waals surface area contributed by atoms with Gasteiger partial charge in [0.2, 0.25) is 5.83 Å². The minimum Gasteiger partial charge on any atom is -0.743 e. The molecule has 0 aliphatic carbocycles. The van der Waals surface area contributed by atoms with E-state index in [1.807, 2.05) is 0 Å². The summed E-state index contributed by atoms with van der Waals surface area (Å²) in [5.74, 6) is -16.9. The molecule has 0 saturated heterocycles. The first-order valence-corrected chi connectivity index (χ1v) is 9.64. The first-order valence-electron chi connectivity index (χ1n) is 8.23. The van der Waals surface area contributed by atoms with Gasteiger partial charge in [-0.05, 0) is 27.2 Å². The van der Waals surface area contributed by atoms with Crippen LogP contribution in [0.5, 0.6) is 0 Å². The zero-order valence-corrected chi connectivity index (χ0v) is 17.4. The Balaban J connectivity index is 5.88. The molecule has 0 heterocycles. The highest BCUT2D eigenvalue weighted by atomic mass is 32.2. The lowest BCUT2D eigenvalue weighted by molar-refractivity contribution is -0.348. The number of nitrogens with one attached hydrogen (secondary N) is 1. The van der Waals surface area contributed by atoms with E-state index in [0.29, 0.717) is 0 Å². The highest BCUT2D eigenvalue weighted by Gasteiger charge is 2.67. The van der Waals surface area contributed by atoms with Crippen molar-refractivity contribution < 1.29 is 67.2 Å². The quantitative estimate of drug-likeness (QED) is 0.120. The largest absolute Gasteiger partial charge is 0.743 e. The van der Waals surface area contributed by atoms with Crippen LogP contribution in [0.25, 0.3) is 0 Å². The third-order valence-corrected chi connectivity index (χ3v) is 4.23. The second kappa shape index (κ2) is 9.46. The molecule has 17 heteroatoms. The molecule has 8 nitrogen and oxygen atoms in total. The van der Waals surface area contributed by atoms with Crippen molar-refractivity contribution in [2.75, 3.05) is 6.61 Å². The van der Waals surface area contributed by atoms with Gasteiger partial charge in [-0.2, -0.15) is 35.1 Å². The van der Waals surface area contributed by atoms with E-state index < -0.39 is 75.9 Å². The van der Waals surface area contributed by atoms with E-state index in [-0.39, 0.29) is 0 Å². The Labute approximate surface area is 176 Å². The van der Waals surface area contributed by atoms with Crippen LogP contribution in [-0.4, -0.2) is 60.1 Å². The van der Waals surface area contributed by atoms with Crippen molar-refractivity contribution in [2.45, 2.75) is 62.3 Å². The van der Waals surface area contributed by atoms with E-state index in [2.05, 4.69) is 16.1 Å². The highest BCUT2D eigenvalue weighted by Crippen LogP contribution is 2.42. The van der Waals surface area contributed by atoms with Crippen LogP contribution >= 0.6 is 0 Å². The van der Waals surface area contributed by atoms with Crippen LogP contribution in [0.2, 0.25) is 0 Å². The minimum absolute atomic E-state index is 1.17. The maximum atomic E-state index is 13.6. The molecule has 1 N–H and O–H groups in total. The van der Waals surface area contributed by atoms with Crippen LogP contribution in [0.1, 0.15) is 33.6 Å². The van der Waals surface area contributed by atoms with Crippen molar-refractivity contribution in [3.63, 3.8) is 0 Å². The summed E-state index contributed by atoms with van der Waals surface area (Å²) in [7, 11) is -6.85. The van der Waals surface area contributed by atoms with Crippen molar-refractivity contribution in [2.24, 2.45) is 0 Å². The molecule has 0 radical (unpaired) electrons. The van der Waals surface area contributed by atoms with Gasteiger partial charge >= 0.3 is 35.0 Å². The number of hydrogen-bond donors (Lipinski definition) is 1. The van der Waals surface area contributed by atoms with E-state index in [4.69, 9.17) is 0 Å². The molecule has 1 amide bonds. The van der Waals surface area contributed by atoms with Crippen molar-refractivity contribution in [3.8, 4) is 0 Å². The fourth-order valence-electron chi connectivity index (χ4n) is 1.86. The number of amides is 1. The van der Waals surface area contributed by atoms with Gasteiger partial charge in [-0.1, -0.05) is 6.58 Å². The second-order valence-corrected chi connectivity index (χ2v) is 8.66. The summed E-state index contributed by atoms with van der Waals surface area (Å²) in [4.78, 5) is 23.5. The molecule has 0 fully saturated rings. The second-order valence-electron chi connectivity index (χ2n) is 7.24. The third kappa shape index (κ3) is 6.99. The van der Waals surface area contributed by atoms with Crippen LogP contribution in [0.15, 0.2) is 12.4 Å². The van der Waals surface area contributed by atoms with Gasteiger partial charge in [-0.15, -0.1) is 0 Å². The summed E-state index contributed by atoms with van der Waals surface area (Å²) in [5, 5.41) is -4.40. The van der Waals surface area contributed by atoms with Gasteiger partial charge in [-0.3, -0.25) is 4.79 Å². The normalized spacial score (nSPS) is 15.6. The summed E-state index contributed by atoms with van der Waals surface area (Å²) in [6.45, 7) is 4.23. The van der Waals surface area contributed by atoms with Gasteiger partial charge in [0.15, 0.2) is 10.1 Å². The van der Waals surface area contributed by atoms with Crippen molar-refractivity contribution in [3.05, 3.63) is 12.4 Å². The Morgan fingerprint density at radius 2 is 1.50 bits per heavy atom. The predicted molar refractivity (Wildman–Crippen MR) is 87.8 cm³/mol. The number of carbonyl (C=O) groups excluding carboxylic acids is 2. The average Bonchev–Trinajstić information content (AvgIpc) is 2.53. The molecule has 188 valence electrons. The van der Waals surface area contributed by atoms with Crippen molar-refractivity contribution >= 4 is 22.0 Å². The molecule has 32 heavy (non-hydrogen) atoms. The van der Waals surface area contributed by atoms with Gasteiger partial charge in [0.1, 0.15) is 0 Å². The topological polar surface area (TPSA) is 122 Å². The molecule has 0 aromatic heterocycles. The van der Waals surface area contributed by atoms with E-state index in [0.717, 1.165) is 0 Å². The third-order valence-electron chi connectivity index (χ3n) is 3.30. The van der Waals surface area contributed by atoms with Gasteiger partial charge in [0.05, 0.1) is 6.61 Å². The Bertz CT molecular complexity index is 836. The summed E-state index contributed by atoms with van der Waals surface area (Å²) in [6, 6.07) is 0. The molecule has 0 spiro atoms. The van der Waals surface area contributed by atoms with Gasteiger partial charge in [0.25, 0.3) is 0 Å². The van der Waals surface area contributed by atoms with Crippen LogP contribution in [0.3, 0.4) is 0 Å². The molecule has 0 bridgehead atoms. The highest BCUT2D eigenvalue weighted by molar-refractivity contribution is 7.86. The van der Waals surface area contributed by atoms with Crippen molar-refractivity contribution in [1.82, 2.24) is 5.32 Å². The van der Waals surface area contributed by atoms with Gasteiger partial charge in [-0.25, -0.2) is 13.2 Å². The van der Waals surface area contributed by atoms with Crippen molar-refractivity contribution in [1.29, 1.82) is 0 Å². The van der Waals surface area contributed by atoms with Crippen LogP contribution < -0.4 is 5.32 Å². The van der Waals surface area contributed by atoms with Crippen LogP contribution in [0, 0.1) is 0 Å². The summed E-state index contributed by atoms with van der Waals surface area (Å²) in [6.07, 6.45) is -9.63. The Hall–Kier alpha value is -2.01. The molecule has 0 aromatic rings. The van der Waals surface area contributed by atoms with Gasteiger partial charge in [0, 0.05) is 12.0 Å². The monoisotopic (exact) mass is 508 g/mol. The van der Waals surface area contributed by atoms with E-state index in [1.165, 1.54) is 20.8 Å². The standard InChI is InChI=1S/C15H19F8NO7S/c1-8(16)9(25)31-13(14(19,20)21,10(26)24-11(2,3)4)30-7-5-6-12(17,18)15(22,23)32(27,28)29/h1,5-7H2,2-4H3,(H,24,26)(H,27,28,29)/p-1. The Kier molecular flexibility index (Phi) is 8.87. The minimum atomic E-state index is -6.85. The van der Waals surface area contributed by atoms with Gasteiger partial charge < -0.3 is 19.3 Å². The number of hydrogen-bond acceptors (Lipinski definition) is 7. The maximum absolute atomic E-state index is 13.6. The summed E-state index contributed by atoms with van der Waals surface area (Å²) in [5.41, 5.74) is -1.42. The first-order chi connectivity index (χ1) is 13.9. The van der Waals surface area contributed by atoms with E-state index >= 15 is 0 Å². The maximum Gasteiger partial charge on any atom is 0.466 e. The Morgan fingerprint density at radius 3 is 1.84 bits per heavy atom. The molecule has 0 rings (SSSR count). The lowest BCUT2D eigenvalue weighted by Gasteiger charge is -2.35. The fraction of sp³-hybridized carbons (Fsp3) is 0.733. The zero-order valence-electron chi connectivity index (χ0n) is 16.6. The van der Waals surface area contributed by atoms with E-state index in [9.17, 15) is 57.7 Å². The number of halogens is 8. The SMILES string of the molecule is C=C(F)C(=O)OC(OCCCC(F)(F)C(F)(F)S(=O)(=O)[O-])(C(=O)NC(C)(C)C)C(F)(F)F. The summed E-state index contributed by atoms with van der Waals surface area (Å²) >= 11 is 0. The molecular formula is C15H18F8NO7S-. The molecule has 0 saturated carbocycles. The molecule has 0 aliphatic heterocycles. The molecule has 0 aliphatic rings. The number of ether oxygens (including phenoxy) is 2. The van der Waals surface area contributed by atoms with Crippen LogP contribution in [-0.2, 0) is 29.2 Å².